The molecule has 0 fully saturated rings. The largest absolute Gasteiger partial charge is 0.465 e. The molecule has 4 aromatic rings. The number of methoxy groups -OCH3 is 1. The number of thiophene rings is 1. The number of esters is 1. The molecule has 0 atom stereocenters. The van der Waals surface area contributed by atoms with Crippen LogP contribution in [0.2, 0.25) is 0 Å². The Labute approximate surface area is 197 Å². The second kappa shape index (κ2) is 10.2. The molecule has 0 bridgehead atoms. The molecule has 0 aliphatic heterocycles. The maximum absolute atomic E-state index is 12.5. The van der Waals surface area contributed by atoms with Crippen LogP contribution in [0.1, 0.15) is 15.9 Å². The Bertz CT molecular complexity index is 1190. The number of ether oxygens (including phenoxy) is 1. The van der Waals surface area contributed by atoms with Crippen molar-refractivity contribution >= 4 is 45.3 Å². The molecular weight excluding hydrogens is 436 g/mol. The Hall–Kier alpha value is -3.48. The first-order chi connectivity index (χ1) is 15.7. The van der Waals surface area contributed by atoms with Crippen LogP contribution in [0.3, 0.4) is 0 Å². The van der Waals surface area contributed by atoms with Crippen LogP contribution < -0.4 is 10.2 Å². The van der Waals surface area contributed by atoms with Gasteiger partial charge in [0.25, 0.3) is 0 Å². The van der Waals surface area contributed by atoms with Gasteiger partial charge in [0.2, 0.25) is 0 Å². The molecule has 0 aliphatic rings. The Balaban J connectivity index is 1.66. The third kappa shape index (κ3) is 5.04. The van der Waals surface area contributed by atoms with E-state index in [0.717, 1.165) is 21.7 Å². The van der Waals surface area contributed by atoms with Crippen LogP contribution >= 0.6 is 23.6 Å². The Morgan fingerprint density at radius 2 is 1.53 bits per heavy atom. The molecule has 4 nitrogen and oxygen atoms in total. The lowest BCUT2D eigenvalue weighted by atomic mass is 10.1. The zero-order valence-corrected chi connectivity index (χ0v) is 19.2. The standard InChI is InChI=1S/C26H22N2O2S2/c1-30-25(29)22-17-23(20-13-7-3-8-14-20)32-24(22)27-26(31)28(21-15-9-4-10-16-21)18-19-11-5-2-6-12-19/h2-17H,18H2,1H3,(H,27,31). The summed E-state index contributed by atoms with van der Waals surface area (Å²) in [5, 5.41) is 4.48. The SMILES string of the molecule is COC(=O)c1cc(-c2ccccc2)sc1NC(=S)N(Cc1ccccc1)c1ccccc1. The van der Waals surface area contributed by atoms with Crippen molar-refractivity contribution in [1.82, 2.24) is 0 Å². The number of carbonyl (C=O) groups excluding carboxylic acids is 1. The number of thiocarbonyl (C=S) groups is 1. The fourth-order valence-corrected chi connectivity index (χ4v) is 4.70. The molecule has 0 unspecified atom stereocenters. The van der Waals surface area contributed by atoms with Gasteiger partial charge in [0.05, 0.1) is 19.2 Å². The van der Waals surface area contributed by atoms with Gasteiger partial charge < -0.3 is 15.0 Å². The highest BCUT2D eigenvalue weighted by molar-refractivity contribution is 7.80. The quantitative estimate of drug-likeness (QED) is 0.260. The predicted molar refractivity (Wildman–Crippen MR) is 136 cm³/mol. The van der Waals surface area contributed by atoms with E-state index in [-0.39, 0.29) is 0 Å². The Morgan fingerprint density at radius 1 is 0.938 bits per heavy atom. The summed E-state index contributed by atoms with van der Waals surface area (Å²) in [5.41, 5.74) is 3.59. The summed E-state index contributed by atoms with van der Waals surface area (Å²) < 4.78 is 5.02. The highest BCUT2D eigenvalue weighted by Gasteiger charge is 2.21. The molecule has 0 aliphatic carbocycles. The summed E-state index contributed by atoms with van der Waals surface area (Å²) >= 11 is 7.29. The van der Waals surface area contributed by atoms with Crippen molar-refractivity contribution in [3.8, 4) is 10.4 Å². The van der Waals surface area contributed by atoms with Crippen LogP contribution in [0.5, 0.6) is 0 Å². The van der Waals surface area contributed by atoms with Crippen molar-refractivity contribution in [2.24, 2.45) is 0 Å². The van der Waals surface area contributed by atoms with E-state index in [1.807, 2.05) is 89.8 Å². The third-order valence-corrected chi connectivity index (χ3v) is 6.33. The normalized spacial score (nSPS) is 10.4. The molecule has 1 heterocycles. The maximum atomic E-state index is 12.5. The van der Waals surface area contributed by atoms with E-state index in [1.54, 1.807) is 0 Å². The Morgan fingerprint density at radius 3 is 2.16 bits per heavy atom. The van der Waals surface area contributed by atoms with Gasteiger partial charge in [0.1, 0.15) is 5.00 Å². The molecule has 0 saturated heterocycles. The Kier molecular flexibility index (Phi) is 6.94. The van der Waals surface area contributed by atoms with E-state index in [0.29, 0.717) is 22.2 Å². The summed E-state index contributed by atoms with van der Waals surface area (Å²) in [6, 6.07) is 31.9. The number of hydrogen-bond acceptors (Lipinski definition) is 4. The molecule has 0 amide bonds. The summed E-state index contributed by atoms with van der Waals surface area (Å²) in [6.07, 6.45) is 0. The molecule has 1 N–H and O–H groups in total. The molecule has 32 heavy (non-hydrogen) atoms. The zero-order valence-electron chi connectivity index (χ0n) is 17.5. The second-order valence-electron chi connectivity index (χ2n) is 7.05. The van der Waals surface area contributed by atoms with Crippen LogP contribution in [-0.4, -0.2) is 18.2 Å². The topological polar surface area (TPSA) is 41.6 Å². The van der Waals surface area contributed by atoms with Crippen LogP contribution in [0, 0.1) is 0 Å². The van der Waals surface area contributed by atoms with Gasteiger partial charge in [-0.2, -0.15) is 0 Å². The maximum Gasteiger partial charge on any atom is 0.340 e. The molecule has 0 radical (unpaired) electrons. The molecule has 3 aromatic carbocycles. The van der Waals surface area contributed by atoms with E-state index in [2.05, 4.69) is 17.4 Å². The smallest absolute Gasteiger partial charge is 0.340 e. The molecular formula is C26H22N2O2S2. The number of para-hydroxylation sites is 1. The average molecular weight is 459 g/mol. The van der Waals surface area contributed by atoms with E-state index in [1.165, 1.54) is 18.4 Å². The van der Waals surface area contributed by atoms with Gasteiger partial charge in [-0.15, -0.1) is 11.3 Å². The number of nitrogens with zero attached hydrogens (tertiary/aromatic N) is 1. The van der Waals surface area contributed by atoms with Crippen molar-refractivity contribution in [3.63, 3.8) is 0 Å². The molecule has 0 spiro atoms. The van der Waals surface area contributed by atoms with Crippen LogP contribution in [0.4, 0.5) is 10.7 Å². The highest BCUT2D eigenvalue weighted by Crippen LogP contribution is 2.36. The van der Waals surface area contributed by atoms with Crippen LogP contribution in [0.15, 0.2) is 97.1 Å². The van der Waals surface area contributed by atoms with Crippen LogP contribution in [0.25, 0.3) is 10.4 Å². The van der Waals surface area contributed by atoms with Gasteiger partial charge in [0, 0.05) is 10.6 Å². The number of carbonyl (C=O) groups is 1. The summed E-state index contributed by atoms with van der Waals surface area (Å²) in [4.78, 5) is 15.5. The van der Waals surface area contributed by atoms with E-state index >= 15 is 0 Å². The summed E-state index contributed by atoms with van der Waals surface area (Å²) in [5.74, 6) is -0.400. The van der Waals surface area contributed by atoms with E-state index in [4.69, 9.17) is 17.0 Å². The van der Waals surface area contributed by atoms with Gasteiger partial charge in [-0.1, -0.05) is 78.9 Å². The molecule has 0 saturated carbocycles. The first-order valence-corrected chi connectivity index (χ1v) is 11.3. The number of rotatable bonds is 6. The fourth-order valence-electron chi connectivity index (χ4n) is 3.31. The van der Waals surface area contributed by atoms with Crippen molar-refractivity contribution < 1.29 is 9.53 Å². The third-order valence-electron chi connectivity index (χ3n) is 4.91. The summed E-state index contributed by atoms with van der Waals surface area (Å²) in [6.45, 7) is 0.598. The number of benzene rings is 3. The van der Waals surface area contributed by atoms with Gasteiger partial charge in [0.15, 0.2) is 5.11 Å². The molecule has 6 heteroatoms. The van der Waals surface area contributed by atoms with Crippen molar-refractivity contribution in [1.29, 1.82) is 0 Å². The number of anilines is 2. The highest BCUT2D eigenvalue weighted by atomic mass is 32.1. The predicted octanol–water partition coefficient (Wildman–Crippen LogP) is 6.61. The minimum Gasteiger partial charge on any atom is -0.465 e. The molecule has 4 rings (SSSR count). The minimum atomic E-state index is -0.400. The number of nitrogens with one attached hydrogen (secondary N) is 1. The van der Waals surface area contributed by atoms with Crippen molar-refractivity contribution in [2.45, 2.75) is 6.54 Å². The zero-order chi connectivity index (χ0) is 22.3. The first-order valence-electron chi connectivity index (χ1n) is 10.1. The monoisotopic (exact) mass is 458 g/mol. The van der Waals surface area contributed by atoms with Gasteiger partial charge >= 0.3 is 5.97 Å². The van der Waals surface area contributed by atoms with E-state index < -0.39 is 5.97 Å². The van der Waals surface area contributed by atoms with Gasteiger partial charge in [-0.3, -0.25) is 0 Å². The lowest BCUT2D eigenvalue weighted by Crippen LogP contribution is -2.34. The fraction of sp³-hybridized carbons (Fsp3) is 0.0769. The van der Waals surface area contributed by atoms with Crippen molar-refractivity contribution in [2.75, 3.05) is 17.3 Å². The lowest BCUT2D eigenvalue weighted by Gasteiger charge is -2.26. The van der Waals surface area contributed by atoms with Crippen LogP contribution in [-0.2, 0) is 11.3 Å². The minimum absolute atomic E-state index is 0.400. The first kappa shape index (κ1) is 21.7. The van der Waals surface area contributed by atoms with E-state index in [9.17, 15) is 4.79 Å². The second-order valence-corrected chi connectivity index (χ2v) is 8.49. The molecule has 160 valence electrons. The average Bonchev–Trinajstić information content (AvgIpc) is 3.27. The molecule has 1 aromatic heterocycles. The van der Waals surface area contributed by atoms with Gasteiger partial charge in [-0.05, 0) is 41.5 Å². The van der Waals surface area contributed by atoms with Gasteiger partial charge in [-0.25, -0.2) is 4.79 Å². The summed E-state index contributed by atoms with van der Waals surface area (Å²) in [7, 11) is 1.38. The lowest BCUT2D eigenvalue weighted by molar-refractivity contribution is 0.0602. The number of hydrogen-bond donors (Lipinski definition) is 1. The van der Waals surface area contributed by atoms with Crippen molar-refractivity contribution in [3.05, 3.63) is 108 Å².